The molecule has 1 aromatic carbocycles. The maximum Gasteiger partial charge on any atom is 0.341 e. The third-order valence-corrected chi connectivity index (χ3v) is 4.46. The van der Waals surface area contributed by atoms with Gasteiger partial charge >= 0.3 is 5.97 Å². The summed E-state index contributed by atoms with van der Waals surface area (Å²) in [5, 5.41) is 3.32. The number of nitrogens with one attached hydrogen (secondary N) is 1. The first-order valence-corrected chi connectivity index (χ1v) is 8.74. The van der Waals surface area contributed by atoms with Gasteiger partial charge in [-0.15, -0.1) is 11.3 Å². The van der Waals surface area contributed by atoms with E-state index >= 15 is 0 Å². The van der Waals surface area contributed by atoms with Crippen LogP contribution in [-0.2, 0) is 11.2 Å². The summed E-state index contributed by atoms with van der Waals surface area (Å²) in [6, 6.07) is 8.71. The van der Waals surface area contributed by atoms with Crippen LogP contribution in [0.15, 0.2) is 30.3 Å². The predicted octanol–water partition coefficient (Wildman–Crippen LogP) is 4.14. The lowest BCUT2D eigenvalue weighted by atomic mass is 10.2. The molecule has 0 radical (unpaired) electrons. The highest BCUT2D eigenvalue weighted by molar-refractivity contribution is 7.16. The molecule has 1 heterocycles. The number of amides is 1. The molecule has 6 heteroatoms. The summed E-state index contributed by atoms with van der Waals surface area (Å²) in [5.41, 5.74) is 0.871. The van der Waals surface area contributed by atoms with Crippen LogP contribution in [0.5, 0.6) is 5.75 Å². The number of esters is 1. The van der Waals surface area contributed by atoms with Gasteiger partial charge in [0.15, 0.2) is 0 Å². The average Bonchev–Trinajstić information content (AvgIpc) is 2.99. The molecule has 0 atom stereocenters. The average molecular weight is 347 g/mol. The molecule has 0 bridgehead atoms. The molecule has 128 valence electrons. The van der Waals surface area contributed by atoms with E-state index in [1.807, 2.05) is 13.8 Å². The van der Waals surface area contributed by atoms with E-state index in [4.69, 9.17) is 9.47 Å². The first-order chi connectivity index (χ1) is 11.6. The molecule has 0 fully saturated rings. The molecule has 1 amide bonds. The Hall–Kier alpha value is -2.34. The Morgan fingerprint density at radius 2 is 1.92 bits per heavy atom. The Bertz CT molecular complexity index is 724. The number of rotatable bonds is 7. The molecule has 0 saturated heterocycles. The third kappa shape index (κ3) is 4.35. The lowest BCUT2D eigenvalue weighted by molar-refractivity contribution is 0.0528. The van der Waals surface area contributed by atoms with E-state index in [9.17, 15) is 9.59 Å². The van der Waals surface area contributed by atoms with Crippen LogP contribution in [-0.4, -0.2) is 25.1 Å². The minimum Gasteiger partial charge on any atom is -0.494 e. The molecular formula is C18H21NO4S. The van der Waals surface area contributed by atoms with Gasteiger partial charge in [-0.1, -0.05) is 13.0 Å². The van der Waals surface area contributed by atoms with Crippen molar-refractivity contribution in [3.8, 4) is 5.75 Å². The molecule has 2 aromatic rings. The van der Waals surface area contributed by atoms with Crippen molar-refractivity contribution in [2.75, 3.05) is 18.5 Å². The van der Waals surface area contributed by atoms with Crippen molar-refractivity contribution in [1.29, 1.82) is 0 Å². The molecule has 1 N–H and O–H groups in total. The number of benzene rings is 1. The number of aryl methyl sites for hydroxylation is 1. The molecule has 0 aliphatic carbocycles. The summed E-state index contributed by atoms with van der Waals surface area (Å²) in [4.78, 5) is 25.6. The van der Waals surface area contributed by atoms with Crippen LogP contribution in [0.4, 0.5) is 5.00 Å². The predicted molar refractivity (Wildman–Crippen MR) is 95.2 cm³/mol. The van der Waals surface area contributed by atoms with Gasteiger partial charge in [0.25, 0.3) is 5.91 Å². The molecule has 1 aromatic heterocycles. The number of anilines is 1. The second-order valence-electron chi connectivity index (χ2n) is 4.94. The number of carbonyl (C=O) groups excluding carboxylic acids is 2. The van der Waals surface area contributed by atoms with Gasteiger partial charge in [0.05, 0.1) is 18.8 Å². The molecule has 0 aliphatic heterocycles. The van der Waals surface area contributed by atoms with Crippen LogP contribution in [0.2, 0.25) is 0 Å². The Labute approximate surface area is 145 Å². The Kier molecular flexibility index (Phi) is 6.37. The van der Waals surface area contributed by atoms with E-state index in [1.165, 1.54) is 11.3 Å². The van der Waals surface area contributed by atoms with Gasteiger partial charge < -0.3 is 14.8 Å². The summed E-state index contributed by atoms with van der Waals surface area (Å²) in [6.07, 6.45) is 0.784. The summed E-state index contributed by atoms with van der Waals surface area (Å²) in [6.45, 7) is 6.46. The van der Waals surface area contributed by atoms with Crippen LogP contribution in [0.3, 0.4) is 0 Å². The molecule has 0 spiro atoms. The summed E-state index contributed by atoms with van der Waals surface area (Å²) in [7, 11) is 0. The minimum absolute atomic E-state index is 0.286. The van der Waals surface area contributed by atoms with E-state index in [0.717, 1.165) is 11.3 Å². The van der Waals surface area contributed by atoms with Crippen LogP contribution >= 0.6 is 11.3 Å². The summed E-state index contributed by atoms with van der Waals surface area (Å²) in [5.74, 6) is -0.0744. The van der Waals surface area contributed by atoms with Gasteiger partial charge in [0.1, 0.15) is 10.8 Å². The maximum atomic E-state index is 12.5. The van der Waals surface area contributed by atoms with Gasteiger partial charge in [0, 0.05) is 10.4 Å². The molecule has 5 nitrogen and oxygen atoms in total. The fraction of sp³-hybridized carbons (Fsp3) is 0.333. The number of thiophene rings is 1. The topological polar surface area (TPSA) is 64.6 Å². The van der Waals surface area contributed by atoms with Crippen molar-refractivity contribution < 1.29 is 19.1 Å². The molecule has 0 aliphatic rings. The van der Waals surface area contributed by atoms with Crippen LogP contribution in [0.1, 0.15) is 46.4 Å². The molecule has 24 heavy (non-hydrogen) atoms. The number of ether oxygens (including phenoxy) is 2. The Morgan fingerprint density at radius 1 is 1.12 bits per heavy atom. The highest BCUT2D eigenvalue weighted by atomic mass is 32.1. The summed E-state index contributed by atoms with van der Waals surface area (Å²) >= 11 is 1.39. The monoisotopic (exact) mass is 347 g/mol. The van der Waals surface area contributed by atoms with E-state index < -0.39 is 5.97 Å². The molecule has 2 rings (SSSR count). The number of hydrogen-bond donors (Lipinski definition) is 1. The molecule has 0 saturated carbocycles. The quantitative estimate of drug-likeness (QED) is 0.765. The van der Waals surface area contributed by atoms with Gasteiger partial charge in [-0.05, 0) is 44.5 Å². The Morgan fingerprint density at radius 3 is 2.58 bits per heavy atom. The number of carbonyl (C=O) groups is 2. The van der Waals surface area contributed by atoms with E-state index in [1.54, 1.807) is 37.3 Å². The van der Waals surface area contributed by atoms with E-state index in [0.29, 0.717) is 35.1 Å². The van der Waals surface area contributed by atoms with Crippen LogP contribution in [0.25, 0.3) is 0 Å². The van der Waals surface area contributed by atoms with Crippen molar-refractivity contribution in [3.05, 3.63) is 46.3 Å². The van der Waals surface area contributed by atoms with Gasteiger partial charge in [-0.25, -0.2) is 4.79 Å². The first kappa shape index (κ1) is 18.0. The third-order valence-electron chi connectivity index (χ3n) is 3.26. The van der Waals surface area contributed by atoms with Crippen molar-refractivity contribution in [1.82, 2.24) is 0 Å². The number of hydrogen-bond acceptors (Lipinski definition) is 5. The van der Waals surface area contributed by atoms with Crippen LogP contribution in [0, 0.1) is 0 Å². The summed E-state index contributed by atoms with van der Waals surface area (Å²) < 4.78 is 10.5. The second-order valence-corrected chi connectivity index (χ2v) is 6.08. The SMILES string of the molecule is CCOC(=O)c1cc(CC)sc1NC(=O)c1cccc(OCC)c1. The lowest BCUT2D eigenvalue weighted by Crippen LogP contribution is -2.14. The first-order valence-electron chi connectivity index (χ1n) is 7.93. The zero-order chi connectivity index (χ0) is 17.5. The van der Waals surface area contributed by atoms with Crippen molar-refractivity contribution >= 4 is 28.2 Å². The van der Waals surface area contributed by atoms with E-state index in [-0.39, 0.29) is 5.91 Å². The van der Waals surface area contributed by atoms with Crippen molar-refractivity contribution in [2.24, 2.45) is 0 Å². The van der Waals surface area contributed by atoms with Gasteiger partial charge in [-0.3, -0.25) is 4.79 Å². The largest absolute Gasteiger partial charge is 0.494 e. The van der Waals surface area contributed by atoms with E-state index in [2.05, 4.69) is 5.32 Å². The maximum absolute atomic E-state index is 12.5. The Balaban J connectivity index is 2.23. The normalized spacial score (nSPS) is 10.3. The smallest absolute Gasteiger partial charge is 0.341 e. The standard InChI is InChI=1S/C18H21NO4S/c1-4-14-11-15(18(21)23-6-3)17(24-14)19-16(20)12-8-7-9-13(10-12)22-5-2/h7-11H,4-6H2,1-3H3,(H,19,20). The zero-order valence-electron chi connectivity index (χ0n) is 14.0. The molecule has 0 unspecified atom stereocenters. The van der Waals surface area contributed by atoms with Gasteiger partial charge in [0.2, 0.25) is 0 Å². The van der Waals surface area contributed by atoms with Crippen LogP contribution < -0.4 is 10.1 Å². The lowest BCUT2D eigenvalue weighted by Gasteiger charge is -2.08. The fourth-order valence-corrected chi connectivity index (χ4v) is 3.12. The fourth-order valence-electron chi connectivity index (χ4n) is 2.14. The minimum atomic E-state index is -0.424. The highest BCUT2D eigenvalue weighted by Gasteiger charge is 2.19. The zero-order valence-corrected chi connectivity index (χ0v) is 14.9. The van der Waals surface area contributed by atoms with Crippen molar-refractivity contribution in [2.45, 2.75) is 27.2 Å². The van der Waals surface area contributed by atoms with Gasteiger partial charge in [-0.2, -0.15) is 0 Å². The van der Waals surface area contributed by atoms with Crippen molar-refractivity contribution in [3.63, 3.8) is 0 Å². The highest BCUT2D eigenvalue weighted by Crippen LogP contribution is 2.30. The molecular weight excluding hydrogens is 326 g/mol. The second kappa shape index (κ2) is 8.49.